The maximum absolute atomic E-state index is 10.7. The zero-order valence-corrected chi connectivity index (χ0v) is 11.4. The maximum Gasteiger partial charge on any atom is 0.232 e. The molecule has 1 aromatic rings. The average molecular weight is 277 g/mol. The quantitative estimate of drug-likeness (QED) is 0.568. The van der Waals surface area contributed by atoms with E-state index in [1.165, 1.54) is 5.56 Å². The molecule has 3 nitrogen and oxygen atoms in total. The number of ether oxygens (including phenoxy) is 1. The van der Waals surface area contributed by atoms with Gasteiger partial charge >= 0.3 is 0 Å². The van der Waals surface area contributed by atoms with E-state index in [0.29, 0.717) is 19.4 Å². The smallest absolute Gasteiger partial charge is 0.232 e. The third-order valence-corrected chi connectivity index (χ3v) is 3.60. The fraction of sp³-hybridized carbons (Fsp3) is 0.500. The van der Waals surface area contributed by atoms with Crippen molar-refractivity contribution in [2.24, 2.45) is 0 Å². The van der Waals surface area contributed by atoms with E-state index in [2.05, 4.69) is 6.92 Å². The zero-order chi connectivity index (χ0) is 12.7. The highest BCUT2D eigenvalue weighted by Gasteiger charge is 2.04. The molecule has 0 bridgehead atoms. The molecule has 0 amide bonds. The van der Waals surface area contributed by atoms with Crippen molar-refractivity contribution in [3.63, 3.8) is 0 Å². The zero-order valence-electron chi connectivity index (χ0n) is 9.86. The molecule has 0 saturated carbocycles. The molecule has 0 aromatic heterocycles. The number of halogens is 1. The molecule has 0 radical (unpaired) electrons. The molecule has 96 valence electrons. The lowest BCUT2D eigenvalue weighted by molar-refractivity contribution is 0.309. The SMILES string of the molecule is CCc1cccc(OCCCCS(=O)(=O)Cl)c1. The van der Waals surface area contributed by atoms with E-state index >= 15 is 0 Å². The number of rotatable bonds is 7. The van der Waals surface area contributed by atoms with Crippen LogP contribution in [0, 0.1) is 0 Å². The molecule has 5 heteroatoms. The van der Waals surface area contributed by atoms with Crippen molar-refractivity contribution in [1.29, 1.82) is 0 Å². The Balaban J connectivity index is 2.26. The van der Waals surface area contributed by atoms with Gasteiger partial charge in [0.25, 0.3) is 0 Å². The lowest BCUT2D eigenvalue weighted by atomic mass is 10.2. The fourth-order valence-electron chi connectivity index (χ4n) is 1.42. The number of hydrogen-bond acceptors (Lipinski definition) is 3. The van der Waals surface area contributed by atoms with Crippen LogP contribution in [0.15, 0.2) is 24.3 Å². The molecule has 0 atom stereocenters. The largest absolute Gasteiger partial charge is 0.494 e. The van der Waals surface area contributed by atoms with Crippen molar-refractivity contribution in [1.82, 2.24) is 0 Å². The van der Waals surface area contributed by atoms with Crippen LogP contribution < -0.4 is 4.74 Å². The third kappa shape index (κ3) is 6.54. The lowest BCUT2D eigenvalue weighted by Gasteiger charge is -2.06. The van der Waals surface area contributed by atoms with Gasteiger partial charge in [-0.3, -0.25) is 0 Å². The van der Waals surface area contributed by atoms with Gasteiger partial charge in [-0.15, -0.1) is 0 Å². The predicted molar refractivity (Wildman–Crippen MR) is 70.2 cm³/mol. The van der Waals surface area contributed by atoms with Crippen molar-refractivity contribution in [2.75, 3.05) is 12.4 Å². The van der Waals surface area contributed by atoms with Gasteiger partial charge < -0.3 is 4.74 Å². The molecule has 0 aliphatic heterocycles. The molecular weight excluding hydrogens is 260 g/mol. The van der Waals surface area contributed by atoms with Crippen LogP contribution in [0.3, 0.4) is 0 Å². The molecule has 0 N–H and O–H groups in total. The Morgan fingerprint density at radius 1 is 1.29 bits per heavy atom. The monoisotopic (exact) mass is 276 g/mol. The number of unbranched alkanes of at least 4 members (excludes halogenated alkanes) is 1. The molecular formula is C12H17ClO3S. The second kappa shape index (κ2) is 6.87. The topological polar surface area (TPSA) is 43.4 Å². The van der Waals surface area contributed by atoms with Gasteiger partial charge in [0.2, 0.25) is 9.05 Å². The molecule has 1 rings (SSSR count). The molecule has 1 aromatic carbocycles. The van der Waals surface area contributed by atoms with Crippen LogP contribution in [0.25, 0.3) is 0 Å². The van der Waals surface area contributed by atoms with Crippen LogP contribution in [-0.2, 0) is 15.5 Å². The molecule has 0 saturated heterocycles. The van der Waals surface area contributed by atoms with E-state index in [-0.39, 0.29) is 5.75 Å². The highest BCUT2D eigenvalue weighted by atomic mass is 35.7. The summed E-state index contributed by atoms with van der Waals surface area (Å²) < 4.78 is 26.9. The van der Waals surface area contributed by atoms with Gasteiger partial charge in [-0.25, -0.2) is 8.42 Å². The fourth-order valence-corrected chi connectivity index (χ4v) is 2.30. The Morgan fingerprint density at radius 2 is 2.06 bits per heavy atom. The Bertz CT molecular complexity index is 443. The van der Waals surface area contributed by atoms with Crippen LogP contribution in [-0.4, -0.2) is 20.8 Å². The van der Waals surface area contributed by atoms with E-state index in [9.17, 15) is 8.42 Å². The normalized spacial score (nSPS) is 11.4. The lowest BCUT2D eigenvalue weighted by Crippen LogP contribution is -2.02. The summed E-state index contributed by atoms with van der Waals surface area (Å²) >= 11 is 0. The van der Waals surface area contributed by atoms with E-state index in [0.717, 1.165) is 12.2 Å². The summed E-state index contributed by atoms with van der Waals surface area (Å²) in [6, 6.07) is 7.90. The average Bonchev–Trinajstić information content (AvgIpc) is 2.27. The molecule has 0 spiro atoms. The summed E-state index contributed by atoms with van der Waals surface area (Å²) in [7, 11) is 1.74. The molecule has 0 fully saturated rings. The van der Waals surface area contributed by atoms with Crippen molar-refractivity contribution >= 4 is 19.7 Å². The minimum atomic E-state index is -3.36. The standard InChI is InChI=1S/C12H17ClO3S/c1-2-11-6-5-7-12(10-11)16-8-3-4-9-17(13,14)15/h5-7,10H,2-4,8-9H2,1H3. The van der Waals surface area contributed by atoms with Crippen LogP contribution in [0.1, 0.15) is 25.3 Å². The van der Waals surface area contributed by atoms with E-state index in [4.69, 9.17) is 15.4 Å². The first-order chi connectivity index (χ1) is 8.01. The predicted octanol–water partition coefficient (Wildman–Crippen LogP) is 2.98. The summed E-state index contributed by atoms with van der Waals surface area (Å²) in [6.07, 6.45) is 2.18. The first-order valence-corrected chi connectivity index (χ1v) is 8.13. The molecule has 0 aliphatic carbocycles. The van der Waals surface area contributed by atoms with Gasteiger partial charge in [0.1, 0.15) is 5.75 Å². The first kappa shape index (κ1) is 14.3. The van der Waals surface area contributed by atoms with Gasteiger partial charge in [-0.1, -0.05) is 19.1 Å². The summed E-state index contributed by atoms with van der Waals surface area (Å²) in [5.41, 5.74) is 1.23. The van der Waals surface area contributed by atoms with Crippen LogP contribution in [0.4, 0.5) is 0 Å². The van der Waals surface area contributed by atoms with Gasteiger partial charge in [-0.2, -0.15) is 0 Å². The van der Waals surface area contributed by atoms with Crippen molar-refractivity contribution < 1.29 is 13.2 Å². The van der Waals surface area contributed by atoms with Crippen molar-refractivity contribution in [3.8, 4) is 5.75 Å². The van der Waals surface area contributed by atoms with Gasteiger partial charge in [-0.05, 0) is 37.0 Å². The molecule has 0 aliphatic rings. The minimum Gasteiger partial charge on any atom is -0.494 e. The van der Waals surface area contributed by atoms with E-state index in [1.54, 1.807) is 0 Å². The van der Waals surface area contributed by atoms with Crippen LogP contribution >= 0.6 is 10.7 Å². The Morgan fingerprint density at radius 3 is 2.71 bits per heavy atom. The summed E-state index contributed by atoms with van der Waals surface area (Å²) in [5.74, 6) is 0.838. The molecule has 0 unspecified atom stereocenters. The summed E-state index contributed by atoms with van der Waals surface area (Å²) in [5, 5.41) is 0. The Kier molecular flexibility index (Phi) is 5.78. The van der Waals surface area contributed by atoms with Gasteiger partial charge in [0, 0.05) is 10.7 Å². The van der Waals surface area contributed by atoms with Gasteiger partial charge in [0.05, 0.1) is 12.4 Å². The van der Waals surface area contributed by atoms with E-state index < -0.39 is 9.05 Å². The maximum atomic E-state index is 10.7. The first-order valence-electron chi connectivity index (χ1n) is 5.65. The summed E-state index contributed by atoms with van der Waals surface area (Å²) in [4.78, 5) is 0. The highest BCUT2D eigenvalue weighted by molar-refractivity contribution is 8.13. The van der Waals surface area contributed by atoms with Gasteiger partial charge in [0.15, 0.2) is 0 Å². The third-order valence-electron chi connectivity index (χ3n) is 2.36. The van der Waals surface area contributed by atoms with E-state index in [1.807, 2.05) is 24.3 Å². The summed E-state index contributed by atoms with van der Waals surface area (Å²) in [6.45, 7) is 2.60. The second-order valence-corrected chi connectivity index (χ2v) is 6.70. The Hall–Kier alpha value is -0.740. The number of hydrogen-bond donors (Lipinski definition) is 0. The van der Waals surface area contributed by atoms with Crippen molar-refractivity contribution in [2.45, 2.75) is 26.2 Å². The van der Waals surface area contributed by atoms with Crippen molar-refractivity contribution in [3.05, 3.63) is 29.8 Å². The number of aryl methyl sites for hydroxylation is 1. The molecule has 17 heavy (non-hydrogen) atoms. The minimum absolute atomic E-state index is 0.00686. The van der Waals surface area contributed by atoms with Crippen LogP contribution in [0.2, 0.25) is 0 Å². The van der Waals surface area contributed by atoms with Crippen LogP contribution in [0.5, 0.6) is 5.75 Å². The Labute approximate surface area is 107 Å². The highest BCUT2D eigenvalue weighted by Crippen LogP contribution is 2.14. The molecule has 0 heterocycles. The number of benzene rings is 1. The second-order valence-electron chi connectivity index (χ2n) is 3.80.